The Bertz CT molecular complexity index is 1430. The van der Waals surface area contributed by atoms with E-state index in [1.165, 1.54) is 12.1 Å². The molecule has 2 heterocycles. The normalized spacial score (nSPS) is 18.6. The number of nitrogens with zero attached hydrogens (tertiary/aromatic N) is 2. The molecule has 36 heavy (non-hydrogen) atoms. The van der Waals surface area contributed by atoms with E-state index in [4.69, 9.17) is 15.9 Å². The molecule has 1 spiro atoms. The van der Waals surface area contributed by atoms with Gasteiger partial charge in [0.25, 0.3) is 5.69 Å². The molecule has 0 fully saturated rings. The van der Waals surface area contributed by atoms with Crippen molar-refractivity contribution in [1.29, 1.82) is 0 Å². The number of esters is 1. The van der Waals surface area contributed by atoms with E-state index >= 15 is 0 Å². The Hall–Kier alpha value is -4.57. The fraction of sp³-hybridized carbons (Fsp3) is 0.207. The van der Waals surface area contributed by atoms with Crippen LogP contribution in [0.2, 0.25) is 0 Å². The van der Waals surface area contributed by atoms with Crippen molar-refractivity contribution >= 4 is 23.4 Å². The molecule has 3 aromatic rings. The molecule has 0 saturated heterocycles. The summed E-state index contributed by atoms with van der Waals surface area (Å²) in [6.45, 7) is 4.71. The zero-order chi connectivity index (χ0) is 25.5. The fourth-order valence-electron chi connectivity index (χ4n) is 5.01. The number of nitro groups is 1. The summed E-state index contributed by atoms with van der Waals surface area (Å²) in [6, 6.07) is 19.3. The van der Waals surface area contributed by atoms with Crippen molar-refractivity contribution in [3.8, 4) is 18.1 Å². The van der Waals surface area contributed by atoms with E-state index < -0.39 is 22.0 Å². The molecular weight excluding hydrogens is 456 g/mol. The number of terminal acetylenes is 1. The average Bonchev–Trinajstić information content (AvgIpc) is 3.06. The summed E-state index contributed by atoms with van der Waals surface area (Å²) >= 11 is 0. The van der Waals surface area contributed by atoms with E-state index in [0.29, 0.717) is 29.0 Å². The first-order valence-corrected chi connectivity index (χ1v) is 11.5. The molecule has 7 heteroatoms. The lowest BCUT2D eigenvalue weighted by atomic mass is 9.76. The third-order valence-electron chi connectivity index (χ3n) is 6.96. The maximum absolute atomic E-state index is 12.6. The minimum atomic E-state index is -0.916. The summed E-state index contributed by atoms with van der Waals surface area (Å²) in [4.78, 5) is 25.5. The van der Waals surface area contributed by atoms with Gasteiger partial charge in [0.05, 0.1) is 22.4 Å². The molecule has 0 amide bonds. The fourth-order valence-corrected chi connectivity index (χ4v) is 5.01. The van der Waals surface area contributed by atoms with E-state index in [2.05, 4.69) is 30.7 Å². The molecule has 7 nitrogen and oxygen atoms in total. The minimum Gasteiger partial charge on any atom is -0.463 e. The Labute approximate surface area is 209 Å². The first-order valence-electron chi connectivity index (χ1n) is 11.5. The van der Waals surface area contributed by atoms with Gasteiger partial charge in [-0.05, 0) is 68.0 Å². The zero-order valence-corrected chi connectivity index (χ0v) is 19.9. The molecule has 2 aliphatic heterocycles. The van der Waals surface area contributed by atoms with Crippen molar-refractivity contribution in [2.45, 2.75) is 25.0 Å². The minimum absolute atomic E-state index is 0.00552. The van der Waals surface area contributed by atoms with Gasteiger partial charge in [0.2, 0.25) is 5.72 Å². The van der Waals surface area contributed by atoms with Gasteiger partial charge < -0.3 is 14.4 Å². The van der Waals surface area contributed by atoms with E-state index in [1.54, 1.807) is 30.3 Å². The molecule has 5 rings (SSSR count). The standard InChI is InChI=1S/C29H24N2O5/c1-4-20-9-11-21(12-10-20)27(32)35-18-17-30-25-8-6-5-7-24(25)28(2,3)29(30)16-15-22-19-23(31(33)34)13-14-26(22)36-29/h1,5-16,19H,17-18H2,2-3H3. The number of fused-ring (bicyclic) bond motifs is 2. The van der Waals surface area contributed by atoms with Crippen LogP contribution >= 0.6 is 0 Å². The van der Waals surface area contributed by atoms with Crippen LogP contribution in [0.15, 0.2) is 72.8 Å². The van der Waals surface area contributed by atoms with Crippen molar-refractivity contribution in [3.05, 3.63) is 105 Å². The van der Waals surface area contributed by atoms with E-state index in [-0.39, 0.29) is 12.3 Å². The molecular formula is C29H24N2O5. The number of benzene rings is 3. The van der Waals surface area contributed by atoms with Crippen LogP contribution in [0.4, 0.5) is 11.4 Å². The van der Waals surface area contributed by atoms with E-state index in [0.717, 1.165) is 11.3 Å². The number of hydrogen-bond donors (Lipinski definition) is 0. The Balaban J connectivity index is 1.44. The van der Waals surface area contributed by atoms with E-state index in [9.17, 15) is 14.9 Å². The van der Waals surface area contributed by atoms with Crippen LogP contribution in [0.25, 0.3) is 6.08 Å². The van der Waals surface area contributed by atoms with Crippen molar-refractivity contribution in [2.24, 2.45) is 0 Å². The summed E-state index contributed by atoms with van der Waals surface area (Å²) < 4.78 is 12.3. The lowest BCUT2D eigenvalue weighted by Gasteiger charge is -2.47. The quantitative estimate of drug-likeness (QED) is 0.212. The van der Waals surface area contributed by atoms with Gasteiger partial charge in [0.15, 0.2) is 0 Å². The first kappa shape index (κ1) is 23.2. The van der Waals surface area contributed by atoms with Crippen LogP contribution in [0.3, 0.4) is 0 Å². The molecule has 3 aromatic carbocycles. The molecule has 180 valence electrons. The van der Waals surface area contributed by atoms with Crippen molar-refractivity contribution in [3.63, 3.8) is 0 Å². The van der Waals surface area contributed by atoms with Crippen LogP contribution in [-0.2, 0) is 10.2 Å². The second kappa shape index (κ2) is 8.58. The van der Waals surface area contributed by atoms with Crippen molar-refractivity contribution < 1.29 is 19.2 Å². The molecule has 0 aromatic heterocycles. The van der Waals surface area contributed by atoms with Crippen molar-refractivity contribution in [1.82, 2.24) is 0 Å². The summed E-state index contributed by atoms with van der Waals surface area (Å²) in [5, 5.41) is 11.2. The number of anilines is 1. The van der Waals surface area contributed by atoms with Crippen LogP contribution < -0.4 is 9.64 Å². The van der Waals surface area contributed by atoms with Gasteiger partial charge in [-0.3, -0.25) is 10.1 Å². The maximum atomic E-state index is 12.6. The second-order valence-electron chi connectivity index (χ2n) is 9.26. The lowest BCUT2D eigenvalue weighted by Crippen LogP contribution is -2.60. The van der Waals surface area contributed by atoms with Crippen LogP contribution in [0.5, 0.6) is 5.75 Å². The highest BCUT2D eigenvalue weighted by molar-refractivity contribution is 5.89. The summed E-state index contributed by atoms with van der Waals surface area (Å²) in [7, 11) is 0. The second-order valence-corrected chi connectivity index (χ2v) is 9.26. The molecule has 2 aliphatic rings. The largest absolute Gasteiger partial charge is 0.463 e. The lowest BCUT2D eigenvalue weighted by molar-refractivity contribution is -0.384. The topological polar surface area (TPSA) is 81.9 Å². The monoisotopic (exact) mass is 480 g/mol. The van der Waals surface area contributed by atoms with Gasteiger partial charge in [-0.2, -0.15) is 0 Å². The third-order valence-corrected chi connectivity index (χ3v) is 6.96. The van der Waals surface area contributed by atoms with Gasteiger partial charge in [0, 0.05) is 28.9 Å². The Morgan fingerprint density at radius 1 is 1.14 bits per heavy atom. The molecule has 0 saturated carbocycles. The first-order chi connectivity index (χ1) is 17.3. The average molecular weight is 481 g/mol. The van der Waals surface area contributed by atoms with Gasteiger partial charge in [0.1, 0.15) is 12.4 Å². The molecule has 0 N–H and O–H groups in total. The zero-order valence-electron chi connectivity index (χ0n) is 19.9. The van der Waals surface area contributed by atoms with Crippen LogP contribution in [0.1, 0.15) is 40.9 Å². The van der Waals surface area contributed by atoms with Crippen molar-refractivity contribution in [2.75, 3.05) is 18.1 Å². The highest BCUT2D eigenvalue weighted by atomic mass is 16.6. The van der Waals surface area contributed by atoms with E-state index in [1.807, 2.05) is 30.4 Å². The predicted molar refractivity (Wildman–Crippen MR) is 137 cm³/mol. The van der Waals surface area contributed by atoms with Gasteiger partial charge in [-0.15, -0.1) is 6.42 Å². The number of rotatable bonds is 5. The number of ether oxygens (including phenoxy) is 2. The number of hydrogen-bond acceptors (Lipinski definition) is 6. The maximum Gasteiger partial charge on any atom is 0.338 e. The predicted octanol–water partition coefficient (Wildman–Crippen LogP) is 5.33. The van der Waals surface area contributed by atoms with Gasteiger partial charge in [-0.1, -0.05) is 24.1 Å². The smallest absolute Gasteiger partial charge is 0.338 e. The number of carbonyl (C=O) groups excluding carboxylic acids is 1. The molecule has 0 aliphatic carbocycles. The highest BCUT2D eigenvalue weighted by Crippen LogP contribution is 2.54. The SMILES string of the molecule is C#Cc1ccc(C(=O)OCCN2c3ccccc3C(C)(C)C23C=Cc2cc([N+](=O)[O-])ccc2O3)cc1. The molecule has 0 radical (unpaired) electrons. The molecule has 1 unspecified atom stereocenters. The summed E-state index contributed by atoms with van der Waals surface area (Å²) in [6.07, 6.45) is 9.20. The van der Waals surface area contributed by atoms with Crippen LogP contribution in [-0.4, -0.2) is 29.8 Å². The molecule has 0 bridgehead atoms. The summed E-state index contributed by atoms with van der Waals surface area (Å²) in [5.41, 5.74) is 2.44. The third kappa shape index (κ3) is 3.59. The number of nitro benzene ring substituents is 1. The molecule has 1 atom stereocenters. The number of carbonyl (C=O) groups is 1. The van der Waals surface area contributed by atoms with Gasteiger partial charge >= 0.3 is 5.97 Å². The Morgan fingerprint density at radius 3 is 2.61 bits per heavy atom. The number of non-ortho nitro benzene ring substituents is 1. The summed E-state index contributed by atoms with van der Waals surface area (Å²) in [5.74, 6) is 2.65. The highest BCUT2D eigenvalue weighted by Gasteiger charge is 2.58. The number of para-hydroxylation sites is 1. The van der Waals surface area contributed by atoms with Gasteiger partial charge in [-0.25, -0.2) is 4.79 Å². The van der Waals surface area contributed by atoms with Crippen LogP contribution in [0, 0.1) is 22.5 Å². The Morgan fingerprint density at radius 2 is 1.89 bits per heavy atom. The Kier molecular flexibility index (Phi) is 5.52.